The Labute approximate surface area is 105 Å². The summed E-state index contributed by atoms with van der Waals surface area (Å²) in [5.74, 6) is 1.94. The van der Waals surface area contributed by atoms with Crippen molar-refractivity contribution < 1.29 is 9.47 Å². The lowest BCUT2D eigenvalue weighted by molar-refractivity contribution is 0.0712. The minimum absolute atomic E-state index is 0.0205. The molecule has 1 aromatic heterocycles. The van der Waals surface area contributed by atoms with E-state index >= 15 is 0 Å². The molecule has 92 valence electrons. The molecule has 17 heavy (non-hydrogen) atoms. The molecule has 2 bridgehead atoms. The van der Waals surface area contributed by atoms with Crippen LogP contribution in [0, 0.1) is 5.92 Å². The normalized spacial score (nSPS) is 30.5. The lowest BCUT2D eigenvalue weighted by atomic mass is 9.97. The average molecular weight is 252 g/mol. The van der Waals surface area contributed by atoms with Gasteiger partial charge in [0.1, 0.15) is 12.2 Å². The van der Waals surface area contributed by atoms with Crippen molar-refractivity contribution in [3.8, 4) is 11.8 Å². The first-order valence-corrected chi connectivity index (χ1v) is 6.80. The van der Waals surface area contributed by atoms with E-state index in [1.54, 1.807) is 6.08 Å². The maximum Gasteiger partial charge on any atom is 0.291 e. The highest BCUT2D eigenvalue weighted by Crippen LogP contribution is 2.50. The first-order valence-electron chi connectivity index (χ1n) is 6.07. The summed E-state index contributed by atoms with van der Waals surface area (Å²) in [4.78, 5) is 0. The predicted molar refractivity (Wildman–Crippen MR) is 65.5 cm³/mol. The second kappa shape index (κ2) is 4.29. The van der Waals surface area contributed by atoms with Gasteiger partial charge in [0.05, 0.1) is 11.7 Å². The van der Waals surface area contributed by atoms with Gasteiger partial charge in [-0.15, -0.1) is 8.75 Å². The summed E-state index contributed by atoms with van der Waals surface area (Å²) in [5, 5.41) is 0. The van der Waals surface area contributed by atoms with Gasteiger partial charge < -0.3 is 9.47 Å². The molecule has 0 unspecified atom stereocenters. The fraction of sp³-hybridized carbons (Fsp3) is 0.667. The SMILES string of the molecule is C=CCOc1nsnc1OC12CCC(CC1)C2. The number of nitrogens with zero attached hydrogens (tertiary/aromatic N) is 2. The molecule has 0 saturated heterocycles. The molecule has 2 aliphatic carbocycles. The average Bonchev–Trinajstić information content (AvgIpc) is 3.02. The lowest BCUT2D eigenvalue weighted by Gasteiger charge is -2.26. The molecular weight excluding hydrogens is 236 g/mol. The van der Waals surface area contributed by atoms with E-state index in [2.05, 4.69) is 15.3 Å². The van der Waals surface area contributed by atoms with Crippen LogP contribution in [-0.4, -0.2) is 21.0 Å². The van der Waals surface area contributed by atoms with E-state index in [4.69, 9.17) is 9.47 Å². The first kappa shape index (κ1) is 11.0. The molecule has 3 rings (SSSR count). The summed E-state index contributed by atoms with van der Waals surface area (Å²) in [6.45, 7) is 4.06. The van der Waals surface area contributed by atoms with Crippen LogP contribution < -0.4 is 9.47 Å². The zero-order valence-electron chi connectivity index (χ0n) is 9.72. The smallest absolute Gasteiger partial charge is 0.291 e. The van der Waals surface area contributed by atoms with Crippen LogP contribution in [0.4, 0.5) is 0 Å². The quantitative estimate of drug-likeness (QED) is 0.756. The van der Waals surface area contributed by atoms with Gasteiger partial charge in [0, 0.05) is 0 Å². The molecule has 0 radical (unpaired) electrons. The Kier molecular flexibility index (Phi) is 2.78. The second-order valence-corrected chi connectivity index (χ2v) is 5.44. The summed E-state index contributed by atoms with van der Waals surface area (Å²) in [7, 11) is 0. The minimum atomic E-state index is 0.0205. The Hall–Kier alpha value is -1.10. The van der Waals surface area contributed by atoms with E-state index in [9.17, 15) is 0 Å². The Balaban J connectivity index is 1.72. The standard InChI is InChI=1S/C12H16N2O2S/c1-2-7-15-10-11(14-17-13-10)16-12-5-3-9(8-12)4-6-12/h2,9H,1,3-8H2. The van der Waals surface area contributed by atoms with Crippen molar-refractivity contribution in [1.82, 2.24) is 8.75 Å². The van der Waals surface area contributed by atoms with E-state index < -0.39 is 0 Å². The largest absolute Gasteiger partial charge is 0.469 e. The number of ether oxygens (including phenoxy) is 2. The maximum atomic E-state index is 6.10. The number of aromatic nitrogens is 2. The molecule has 0 atom stereocenters. The maximum absolute atomic E-state index is 6.10. The molecular formula is C12H16N2O2S. The molecule has 2 aliphatic rings. The first-order chi connectivity index (χ1) is 8.31. The lowest BCUT2D eigenvalue weighted by Crippen LogP contribution is -2.30. The fourth-order valence-electron chi connectivity index (χ4n) is 2.95. The topological polar surface area (TPSA) is 44.2 Å². The van der Waals surface area contributed by atoms with Crippen molar-refractivity contribution in [2.45, 2.75) is 37.7 Å². The number of fused-ring (bicyclic) bond motifs is 2. The van der Waals surface area contributed by atoms with Gasteiger partial charge >= 0.3 is 0 Å². The fourth-order valence-corrected chi connectivity index (χ4v) is 3.38. The van der Waals surface area contributed by atoms with Crippen molar-refractivity contribution in [2.24, 2.45) is 5.92 Å². The summed E-state index contributed by atoms with van der Waals surface area (Å²) < 4.78 is 19.8. The Morgan fingerprint density at radius 3 is 2.76 bits per heavy atom. The van der Waals surface area contributed by atoms with Gasteiger partial charge in [0.2, 0.25) is 0 Å². The third kappa shape index (κ3) is 2.04. The molecule has 1 aromatic rings. The van der Waals surface area contributed by atoms with Gasteiger partial charge in [-0.25, -0.2) is 0 Å². The van der Waals surface area contributed by atoms with Gasteiger partial charge in [-0.3, -0.25) is 0 Å². The number of hydrogen-bond acceptors (Lipinski definition) is 5. The Bertz CT molecular complexity index is 410. The van der Waals surface area contributed by atoms with Crippen LogP contribution in [0.3, 0.4) is 0 Å². The number of hydrogen-bond donors (Lipinski definition) is 0. The summed E-state index contributed by atoms with van der Waals surface area (Å²) in [5.41, 5.74) is 0.0205. The molecule has 2 fully saturated rings. The van der Waals surface area contributed by atoms with Crippen molar-refractivity contribution in [1.29, 1.82) is 0 Å². The van der Waals surface area contributed by atoms with Crippen LogP contribution in [0.15, 0.2) is 12.7 Å². The minimum Gasteiger partial charge on any atom is -0.469 e. The van der Waals surface area contributed by atoms with E-state index in [0.29, 0.717) is 18.4 Å². The predicted octanol–water partition coefficient (Wildman–Crippen LogP) is 2.81. The highest BCUT2D eigenvalue weighted by atomic mass is 32.1. The molecule has 4 nitrogen and oxygen atoms in total. The third-order valence-corrected chi connectivity index (χ3v) is 4.25. The molecule has 0 spiro atoms. The molecule has 5 heteroatoms. The third-order valence-electron chi connectivity index (χ3n) is 3.76. The van der Waals surface area contributed by atoms with E-state index in [1.807, 2.05) is 0 Å². The van der Waals surface area contributed by atoms with Crippen molar-refractivity contribution >= 4 is 11.7 Å². The van der Waals surface area contributed by atoms with E-state index in [0.717, 1.165) is 30.5 Å². The van der Waals surface area contributed by atoms with Crippen LogP contribution >= 0.6 is 11.7 Å². The summed E-state index contributed by atoms with van der Waals surface area (Å²) in [6, 6.07) is 0. The van der Waals surface area contributed by atoms with Crippen molar-refractivity contribution in [3.63, 3.8) is 0 Å². The highest BCUT2D eigenvalue weighted by Gasteiger charge is 2.47. The number of rotatable bonds is 5. The molecule has 0 N–H and O–H groups in total. The summed E-state index contributed by atoms with van der Waals surface area (Å²) >= 11 is 1.14. The Morgan fingerprint density at radius 2 is 2.12 bits per heavy atom. The van der Waals surface area contributed by atoms with Crippen LogP contribution in [0.25, 0.3) is 0 Å². The second-order valence-electron chi connectivity index (χ2n) is 4.91. The molecule has 0 amide bonds. The Morgan fingerprint density at radius 1 is 1.35 bits per heavy atom. The molecule has 2 saturated carbocycles. The zero-order chi connectivity index (χ0) is 11.7. The molecule has 1 heterocycles. The molecule has 0 aliphatic heterocycles. The van der Waals surface area contributed by atoms with Crippen LogP contribution in [0.1, 0.15) is 32.1 Å². The zero-order valence-corrected chi connectivity index (χ0v) is 10.5. The van der Waals surface area contributed by atoms with Gasteiger partial charge in [-0.2, -0.15) is 0 Å². The summed E-state index contributed by atoms with van der Waals surface area (Å²) in [6.07, 6.45) is 7.75. The highest BCUT2D eigenvalue weighted by molar-refractivity contribution is 6.99. The monoisotopic (exact) mass is 252 g/mol. The van der Waals surface area contributed by atoms with Crippen molar-refractivity contribution in [3.05, 3.63) is 12.7 Å². The van der Waals surface area contributed by atoms with Gasteiger partial charge in [-0.1, -0.05) is 12.7 Å². The van der Waals surface area contributed by atoms with Gasteiger partial charge in [-0.05, 0) is 38.0 Å². The van der Waals surface area contributed by atoms with E-state index in [-0.39, 0.29) is 5.60 Å². The molecule has 0 aromatic carbocycles. The van der Waals surface area contributed by atoms with Crippen LogP contribution in [0.5, 0.6) is 11.8 Å². The van der Waals surface area contributed by atoms with Crippen molar-refractivity contribution in [2.75, 3.05) is 6.61 Å². The van der Waals surface area contributed by atoms with E-state index in [1.165, 1.54) is 19.3 Å². The van der Waals surface area contributed by atoms with Gasteiger partial charge in [0.15, 0.2) is 0 Å². The van der Waals surface area contributed by atoms with Crippen LogP contribution in [-0.2, 0) is 0 Å². The van der Waals surface area contributed by atoms with Crippen LogP contribution in [0.2, 0.25) is 0 Å². The van der Waals surface area contributed by atoms with Gasteiger partial charge in [0.25, 0.3) is 11.8 Å².